The Bertz CT molecular complexity index is 722. The average molecular weight is 346 g/mol. The number of carbonyl (C=O) groups is 1. The van der Waals surface area contributed by atoms with Crippen LogP contribution in [0, 0.1) is 5.41 Å². The minimum Gasteiger partial charge on any atom is -0.375 e. The van der Waals surface area contributed by atoms with Crippen molar-refractivity contribution in [1.82, 2.24) is 20.5 Å². The zero-order valence-corrected chi connectivity index (χ0v) is 15.1. The number of fused-ring (bicyclic) bond motifs is 1. The second kappa shape index (κ2) is 7.49. The highest BCUT2D eigenvalue weighted by atomic mass is 16.6. The van der Waals surface area contributed by atoms with Gasteiger partial charge in [0.15, 0.2) is 0 Å². The van der Waals surface area contributed by atoms with Crippen LogP contribution in [0.1, 0.15) is 32.8 Å². The van der Waals surface area contributed by atoms with Gasteiger partial charge in [0.25, 0.3) is 0 Å². The predicted octanol–water partition coefficient (Wildman–Crippen LogP) is 1.98. The molecule has 1 aromatic heterocycles. The molecule has 1 aliphatic heterocycles. The molecule has 0 radical (unpaired) electrons. The second-order valence-corrected chi connectivity index (χ2v) is 7.61. The van der Waals surface area contributed by atoms with E-state index in [-0.39, 0.29) is 17.4 Å². The first-order valence-electron chi connectivity index (χ1n) is 8.75. The molecule has 0 bridgehead atoms. The van der Waals surface area contributed by atoms with Gasteiger partial charge in [0.05, 0.1) is 12.7 Å². The maximum absolute atomic E-state index is 11.9. The highest BCUT2D eigenvalue weighted by Crippen LogP contribution is 2.16. The van der Waals surface area contributed by atoms with E-state index in [2.05, 4.69) is 26.6 Å². The molecule has 2 aromatic rings. The second-order valence-electron chi connectivity index (χ2n) is 7.61. The molecular weight excluding hydrogens is 320 g/mol. The van der Waals surface area contributed by atoms with Gasteiger partial charge >= 0.3 is 0 Å². The van der Waals surface area contributed by atoms with Crippen molar-refractivity contribution in [2.24, 2.45) is 5.41 Å². The monoisotopic (exact) mass is 346 g/mol. The van der Waals surface area contributed by atoms with Gasteiger partial charge in [-0.3, -0.25) is 9.69 Å². The largest absolute Gasteiger partial charge is 0.375 e. The lowest BCUT2D eigenvalue weighted by Crippen LogP contribution is -2.44. The van der Waals surface area contributed by atoms with Crippen LogP contribution in [-0.4, -0.2) is 53.5 Å². The zero-order chi connectivity index (χ0) is 17.9. The highest BCUT2D eigenvalue weighted by Gasteiger charge is 2.23. The molecule has 7 nitrogen and oxygen atoms in total. The molecule has 0 aliphatic carbocycles. The van der Waals surface area contributed by atoms with E-state index in [9.17, 15) is 4.79 Å². The van der Waals surface area contributed by atoms with E-state index in [4.69, 9.17) is 9.37 Å². The molecule has 25 heavy (non-hydrogen) atoms. The summed E-state index contributed by atoms with van der Waals surface area (Å²) in [6.07, 6.45) is 0.969. The van der Waals surface area contributed by atoms with Gasteiger partial charge in [-0.2, -0.15) is 0 Å². The molecule has 0 unspecified atom stereocenters. The molecule has 1 amide bonds. The van der Waals surface area contributed by atoms with Crippen molar-refractivity contribution in [3.63, 3.8) is 0 Å². The fourth-order valence-corrected chi connectivity index (χ4v) is 2.89. The number of benzene rings is 1. The lowest BCUT2D eigenvalue weighted by atomic mass is 9.95. The lowest BCUT2D eigenvalue weighted by molar-refractivity contribution is -0.128. The molecule has 3 rings (SSSR count). The fraction of sp³-hybridized carbons (Fsp3) is 0.611. The smallest absolute Gasteiger partial charge is 0.225 e. The maximum Gasteiger partial charge on any atom is 0.225 e. The van der Waals surface area contributed by atoms with E-state index >= 15 is 0 Å². The molecule has 2 heterocycles. The SMILES string of the molecule is CC(C)(C)C(=O)NCC[C@@H]1CN(Cc2ccc3nonc3c2)CCO1. The third-order valence-corrected chi connectivity index (χ3v) is 4.38. The van der Waals surface area contributed by atoms with Crippen LogP contribution >= 0.6 is 0 Å². The molecule has 1 saturated heterocycles. The molecule has 7 heteroatoms. The first kappa shape index (κ1) is 17.8. The number of ether oxygens (including phenoxy) is 1. The number of nitrogens with one attached hydrogen (secondary N) is 1. The van der Waals surface area contributed by atoms with Crippen LogP contribution in [0.2, 0.25) is 0 Å². The Balaban J connectivity index is 1.48. The van der Waals surface area contributed by atoms with Crippen LogP contribution in [0.15, 0.2) is 22.8 Å². The number of aromatic nitrogens is 2. The number of morpholine rings is 1. The van der Waals surface area contributed by atoms with Gasteiger partial charge in [0.2, 0.25) is 5.91 Å². The number of nitrogens with zero attached hydrogens (tertiary/aromatic N) is 3. The Labute approximate surface area is 147 Å². The van der Waals surface area contributed by atoms with E-state index in [0.29, 0.717) is 13.2 Å². The number of amides is 1. The van der Waals surface area contributed by atoms with Crippen molar-refractivity contribution in [2.75, 3.05) is 26.2 Å². The van der Waals surface area contributed by atoms with E-state index < -0.39 is 0 Å². The summed E-state index contributed by atoms with van der Waals surface area (Å²) in [7, 11) is 0. The first-order valence-corrected chi connectivity index (χ1v) is 8.75. The number of hydrogen-bond acceptors (Lipinski definition) is 6. The summed E-state index contributed by atoms with van der Waals surface area (Å²) in [4.78, 5) is 14.3. The first-order chi connectivity index (χ1) is 11.9. The number of rotatable bonds is 5. The predicted molar refractivity (Wildman–Crippen MR) is 93.9 cm³/mol. The zero-order valence-electron chi connectivity index (χ0n) is 15.1. The number of hydrogen-bond donors (Lipinski definition) is 1. The lowest BCUT2D eigenvalue weighted by Gasteiger charge is -2.33. The van der Waals surface area contributed by atoms with Crippen molar-refractivity contribution < 1.29 is 14.2 Å². The molecule has 1 aromatic carbocycles. The summed E-state index contributed by atoms with van der Waals surface area (Å²) in [6.45, 7) is 9.72. The Hall–Kier alpha value is -1.99. The van der Waals surface area contributed by atoms with Crippen molar-refractivity contribution in [1.29, 1.82) is 0 Å². The molecule has 136 valence electrons. The van der Waals surface area contributed by atoms with Gasteiger partial charge in [-0.1, -0.05) is 26.8 Å². The average Bonchev–Trinajstić information content (AvgIpc) is 3.02. The molecule has 0 spiro atoms. The van der Waals surface area contributed by atoms with Gasteiger partial charge in [-0.15, -0.1) is 0 Å². The summed E-state index contributed by atoms with van der Waals surface area (Å²) in [5.74, 6) is 0.0784. The summed E-state index contributed by atoms with van der Waals surface area (Å²) in [5.41, 5.74) is 2.39. The Kier molecular flexibility index (Phi) is 5.34. The van der Waals surface area contributed by atoms with Crippen LogP contribution < -0.4 is 5.32 Å². The minimum atomic E-state index is -0.353. The maximum atomic E-state index is 11.9. The highest BCUT2D eigenvalue weighted by molar-refractivity contribution is 5.81. The van der Waals surface area contributed by atoms with Crippen molar-refractivity contribution >= 4 is 16.9 Å². The topological polar surface area (TPSA) is 80.5 Å². The van der Waals surface area contributed by atoms with Crippen LogP contribution in [0.25, 0.3) is 11.0 Å². The van der Waals surface area contributed by atoms with Crippen molar-refractivity contribution in [3.8, 4) is 0 Å². The summed E-state index contributed by atoms with van der Waals surface area (Å²) >= 11 is 0. The third kappa shape index (κ3) is 4.76. The van der Waals surface area contributed by atoms with Crippen LogP contribution in [0.3, 0.4) is 0 Å². The van der Waals surface area contributed by atoms with Crippen LogP contribution in [0.4, 0.5) is 0 Å². The van der Waals surface area contributed by atoms with E-state index in [0.717, 1.165) is 37.1 Å². The quantitative estimate of drug-likeness (QED) is 0.892. The van der Waals surface area contributed by atoms with Gasteiger partial charge in [0.1, 0.15) is 11.0 Å². The number of carbonyl (C=O) groups excluding carboxylic acids is 1. The molecule has 1 aliphatic rings. The van der Waals surface area contributed by atoms with Gasteiger partial charge in [-0.05, 0) is 34.4 Å². The Morgan fingerprint density at radius 2 is 2.12 bits per heavy atom. The van der Waals surface area contributed by atoms with E-state index in [1.807, 2.05) is 32.9 Å². The molecule has 0 saturated carbocycles. The van der Waals surface area contributed by atoms with Gasteiger partial charge in [-0.25, -0.2) is 4.63 Å². The minimum absolute atomic E-state index is 0.0784. The molecular formula is C18H26N4O3. The van der Waals surface area contributed by atoms with E-state index in [1.165, 1.54) is 5.56 Å². The third-order valence-electron chi connectivity index (χ3n) is 4.38. The van der Waals surface area contributed by atoms with E-state index in [1.54, 1.807) is 0 Å². The van der Waals surface area contributed by atoms with Crippen LogP contribution in [-0.2, 0) is 16.1 Å². The van der Waals surface area contributed by atoms with Crippen molar-refractivity contribution in [2.45, 2.75) is 39.8 Å². The molecule has 1 N–H and O–H groups in total. The summed E-state index contributed by atoms with van der Waals surface area (Å²) in [6, 6.07) is 6.00. The normalized spacial score (nSPS) is 19.2. The van der Waals surface area contributed by atoms with Gasteiger partial charge in [0, 0.05) is 31.6 Å². The van der Waals surface area contributed by atoms with Gasteiger partial charge < -0.3 is 10.1 Å². The fourth-order valence-electron chi connectivity index (χ4n) is 2.89. The molecule has 1 fully saturated rings. The Morgan fingerprint density at radius 1 is 1.32 bits per heavy atom. The summed E-state index contributed by atoms with van der Waals surface area (Å²) < 4.78 is 10.6. The summed E-state index contributed by atoms with van der Waals surface area (Å²) in [5, 5.41) is 10.7. The van der Waals surface area contributed by atoms with Crippen molar-refractivity contribution in [3.05, 3.63) is 23.8 Å². The molecule has 1 atom stereocenters. The standard InChI is InChI=1S/C18H26N4O3/c1-18(2,3)17(23)19-7-6-14-12-22(8-9-24-14)11-13-4-5-15-16(10-13)21-25-20-15/h4-5,10,14H,6-9,11-12H2,1-3H3,(H,19,23)/t14-/m1/s1. The van der Waals surface area contributed by atoms with Crippen LogP contribution in [0.5, 0.6) is 0 Å². The Morgan fingerprint density at radius 3 is 2.92 bits per heavy atom.